The number of aromatic nitrogens is 1. The van der Waals surface area contributed by atoms with Gasteiger partial charge < -0.3 is 15.4 Å². The van der Waals surface area contributed by atoms with Crippen LogP contribution in [0.5, 0.6) is 0 Å². The first-order valence-corrected chi connectivity index (χ1v) is 3.78. The summed E-state index contributed by atoms with van der Waals surface area (Å²) in [6.07, 6.45) is 1.49. The van der Waals surface area contributed by atoms with Gasteiger partial charge in [-0.05, 0) is 19.1 Å². The number of hydrogen-bond donors (Lipinski definition) is 3. The number of nitrogens with one attached hydrogen (secondary N) is 2. The second-order valence-electron chi connectivity index (χ2n) is 2.62. The summed E-state index contributed by atoms with van der Waals surface area (Å²) in [5, 5.41) is 11.1. The van der Waals surface area contributed by atoms with Gasteiger partial charge in [-0.3, -0.25) is 9.59 Å². The van der Waals surface area contributed by atoms with Crippen molar-refractivity contribution in [3.63, 3.8) is 0 Å². The molecule has 1 atom stereocenters. The lowest BCUT2D eigenvalue weighted by Crippen LogP contribution is -2.28. The maximum atomic E-state index is 11.1. The summed E-state index contributed by atoms with van der Waals surface area (Å²) in [5.74, 6) is -0.997. The zero-order valence-corrected chi connectivity index (χ0v) is 7.07. The lowest BCUT2D eigenvalue weighted by atomic mass is 10.3. The van der Waals surface area contributed by atoms with Crippen molar-refractivity contribution in [1.82, 2.24) is 4.98 Å². The van der Waals surface area contributed by atoms with Crippen LogP contribution < -0.4 is 10.9 Å². The molecule has 1 heterocycles. The molecule has 0 aliphatic rings. The van der Waals surface area contributed by atoms with Gasteiger partial charge in [0.2, 0.25) is 0 Å². The maximum Gasteiger partial charge on any atom is 0.325 e. The smallest absolute Gasteiger partial charge is 0.325 e. The SMILES string of the molecule is C[C@H](Nc1ccc[nH]c1=O)C(=O)O. The molecule has 0 saturated carbocycles. The molecule has 13 heavy (non-hydrogen) atoms. The molecule has 0 radical (unpaired) electrons. The molecule has 70 valence electrons. The number of aromatic amines is 1. The summed E-state index contributed by atoms with van der Waals surface area (Å²) in [4.78, 5) is 23.9. The van der Waals surface area contributed by atoms with E-state index < -0.39 is 12.0 Å². The lowest BCUT2D eigenvalue weighted by Gasteiger charge is -2.08. The first-order valence-electron chi connectivity index (χ1n) is 3.78. The Labute approximate surface area is 74.4 Å². The second-order valence-corrected chi connectivity index (χ2v) is 2.62. The molecule has 0 amide bonds. The molecular formula is C8H10N2O3. The van der Waals surface area contributed by atoms with Crippen LogP contribution in [0.15, 0.2) is 23.1 Å². The molecular weight excluding hydrogens is 172 g/mol. The van der Waals surface area contributed by atoms with Crippen molar-refractivity contribution in [3.05, 3.63) is 28.7 Å². The van der Waals surface area contributed by atoms with E-state index in [-0.39, 0.29) is 11.2 Å². The van der Waals surface area contributed by atoms with Crippen LogP contribution in [0.1, 0.15) is 6.92 Å². The van der Waals surface area contributed by atoms with Gasteiger partial charge in [-0.2, -0.15) is 0 Å². The van der Waals surface area contributed by atoms with E-state index >= 15 is 0 Å². The third-order valence-electron chi connectivity index (χ3n) is 1.56. The van der Waals surface area contributed by atoms with Gasteiger partial charge in [0.1, 0.15) is 11.7 Å². The van der Waals surface area contributed by atoms with E-state index in [1.807, 2.05) is 0 Å². The number of rotatable bonds is 3. The van der Waals surface area contributed by atoms with Crippen molar-refractivity contribution in [1.29, 1.82) is 0 Å². The van der Waals surface area contributed by atoms with E-state index in [2.05, 4.69) is 10.3 Å². The molecule has 1 aromatic heterocycles. The monoisotopic (exact) mass is 182 g/mol. The first-order chi connectivity index (χ1) is 6.11. The fraction of sp³-hybridized carbons (Fsp3) is 0.250. The quantitative estimate of drug-likeness (QED) is 0.626. The standard InChI is InChI=1S/C8H10N2O3/c1-5(8(12)13)10-6-3-2-4-9-7(6)11/h2-5,10H,1H3,(H,9,11)(H,12,13)/t5-/m0/s1. The minimum absolute atomic E-state index is 0.261. The highest BCUT2D eigenvalue weighted by molar-refractivity contribution is 5.76. The summed E-state index contributed by atoms with van der Waals surface area (Å²) in [6.45, 7) is 1.47. The zero-order chi connectivity index (χ0) is 9.84. The molecule has 0 spiro atoms. The van der Waals surface area contributed by atoms with Crippen molar-refractivity contribution in [2.75, 3.05) is 5.32 Å². The number of H-pyrrole nitrogens is 1. The van der Waals surface area contributed by atoms with Gasteiger partial charge in [-0.25, -0.2) is 0 Å². The van der Waals surface area contributed by atoms with Crippen LogP contribution in [0, 0.1) is 0 Å². The number of pyridine rings is 1. The van der Waals surface area contributed by atoms with Crippen LogP contribution in [-0.2, 0) is 4.79 Å². The summed E-state index contributed by atoms with van der Waals surface area (Å²) < 4.78 is 0. The molecule has 3 N–H and O–H groups in total. The largest absolute Gasteiger partial charge is 0.480 e. The average Bonchev–Trinajstić information content (AvgIpc) is 2.08. The van der Waals surface area contributed by atoms with Crippen molar-refractivity contribution < 1.29 is 9.90 Å². The van der Waals surface area contributed by atoms with Crippen molar-refractivity contribution >= 4 is 11.7 Å². The molecule has 0 saturated heterocycles. The van der Waals surface area contributed by atoms with Gasteiger partial charge in [-0.1, -0.05) is 0 Å². The van der Waals surface area contributed by atoms with Crippen molar-refractivity contribution in [2.45, 2.75) is 13.0 Å². The number of aliphatic carboxylic acids is 1. The minimum atomic E-state index is -0.997. The normalized spacial score (nSPS) is 12.1. The maximum absolute atomic E-state index is 11.1. The summed E-state index contributed by atoms with van der Waals surface area (Å²) in [7, 11) is 0. The predicted molar refractivity (Wildman–Crippen MR) is 47.8 cm³/mol. The molecule has 5 heteroatoms. The van der Waals surface area contributed by atoms with E-state index in [0.29, 0.717) is 0 Å². The Morgan fingerprint density at radius 1 is 1.69 bits per heavy atom. The molecule has 0 aliphatic heterocycles. The number of carbonyl (C=O) groups is 1. The summed E-state index contributed by atoms with van der Waals surface area (Å²) in [6, 6.07) is 2.37. The fourth-order valence-electron chi connectivity index (χ4n) is 0.830. The third kappa shape index (κ3) is 2.33. The number of carboxylic acid groups (broad SMARTS) is 1. The highest BCUT2D eigenvalue weighted by atomic mass is 16.4. The minimum Gasteiger partial charge on any atom is -0.480 e. The van der Waals surface area contributed by atoms with Crippen LogP contribution in [0.2, 0.25) is 0 Å². The Morgan fingerprint density at radius 2 is 2.38 bits per heavy atom. The van der Waals surface area contributed by atoms with Crippen LogP contribution in [0.4, 0.5) is 5.69 Å². The Kier molecular flexibility index (Phi) is 2.69. The molecule has 0 aromatic carbocycles. The number of hydrogen-bond acceptors (Lipinski definition) is 3. The van der Waals surface area contributed by atoms with Gasteiger partial charge in [0.25, 0.3) is 5.56 Å². The number of anilines is 1. The molecule has 1 aromatic rings. The van der Waals surface area contributed by atoms with Crippen LogP contribution in [0.25, 0.3) is 0 Å². The van der Waals surface area contributed by atoms with Crippen molar-refractivity contribution in [2.24, 2.45) is 0 Å². The molecule has 0 fully saturated rings. The Hall–Kier alpha value is -1.78. The summed E-state index contributed by atoms with van der Waals surface area (Å²) in [5.41, 5.74) is -0.0620. The predicted octanol–water partition coefficient (Wildman–Crippen LogP) is 0.260. The molecule has 0 unspecified atom stereocenters. The van der Waals surface area contributed by atoms with E-state index in [1.54, 1.807) is 6.07 Å². The van der Waals surface area contributed by atoms with Gasteiger partial charge in [-0.15, -0.1) is 0 Å². The average molecular weight is 182 g/mol. The molecule has 0 bridgehead atoms. The Bertz CT molecular complexity index is 358. The lowest BCUT2D eigenvalue weighted by molar-refractivity contribution is -0.137. The Balaban J connectivity index is 2.81. The second kappa shape index (κ2) is 3.75. The summed E-state index contributed by atoms with van der Waals surface area (Å²) >= 11 is 0. The van der Waals surface area contributed by atoms with Gasteiger partial charge >= 0.3 is 5.97 Å². The van der Waals surface area contributed by atoms with Gasteiger partial charge in [0.05, 0.1) is 0 Å². The molecule has 5 nitrogen and oxygen atoms in total. The van der Waals surface area contributed by atoms with E-state index in [9.17, 15) is 9.59 Å². The van der Waals surface area contributed by atoms with Gasteiger partial charge in [0.15, 0.2) is 0 Å². The van der Waals surface area contributed by atoms with E-state index in [0.717, 1.165) is 0 Å². The van der Waals surface area contributed by atoms with Crippen LogP contribution in [-0.4, -0.2) is 22.1 Å². The van der Waals surface area contributed by atoms with Gasteiger partial charge in [0, 0.05) is 6.20 Å². The van der Waals surface area contributed by atoms with Crippen molar-refractivity contribution in [3.8, 4) is 0 Å². The Morgan fingerprint density at radius 3 is 2.92 bits per heavy atom. The van der Waals surface area contributed by atoms with Crippen LogP contribution >= 0.6 is 0 Å². The topological polar surface area (TPSA) is 82.2 Å². The molecule has 0 aliphatic carbocycles. The fourth-order valence-corrected chi connectivity index (χ4v) is 0.830. The molecule has 1 rings (SSSR count). The first kappa shape index (κ1) is 9.31. The highest BCUT2D eigenvalue weighted by Gasteiger charge is 2.10. The van der Waals surface area contributed by atoms with E-state index in [4.69, 9.17) is 5.11 Å². The highest BCUT2D eigenvalue weighted by Crippen LogP contribution is 1.99. The zero-order valence-electron chi connectivity index (χ0n) is 7.07. The van der Waals surface area contributed by atoms with E-state index in [1.165, 1.54) is 19.2 Å². The number of carboxylic acids is 1. The van der Waals surface area contributed by atoms with Crippen LogP contribution in [0.3, 0.4) is 0 Å². The third-order valence-corrected chi connectivity index (χ3v) is 1.56.